The Hall–Kier alpha value is -2.38. The maximum Gasteiger partial charge on any atom is 0.416 e. The van der Waals surface area contributed by atoms with Crippen LogP contribution in [0.4, 0.5) is 13.2 Å². The fraction of sp³-hybridized carbons (Fsp3) is 0.438. The van der Waals surface area contributed by atoms with Crippen molar-refractivity contribution in [1.29, 1.82) is 0 Å². The van der Waals surface area contributed by atoms with Crippen molar-refractivity contribution in [3.63, 3.8) is 0 Å². The number of alkyl halides is 3. The number of hydrogen-bond acceptors (Lipinski definition) is 4. The molecule has 0 aliphatic carbocycles. The number of aromatic nitrogens is 2. The molecule has 1 aromatic carbocycles. The molecule has 2 aromatic rings. The molecule has 0 bridgehead atoms. The first-order valence-corrected chi connectivity index (χ1v) is 7.36. The summed E-state index contributed by atoms with van der Waals surface area (Å²) in [5, 5.41) is 6.44. The maximum absolute atomic E-state index is 12.5. The summed E-state index contributed by atoms with van der Waals surface area (Å²) >= 11 is 0. The zero-order valence-electron chi connectivity index (χ0n) is 13.6. The fourth-order valence-electron chi connectivity index (χ4n) is 1.86. The normalized spacial score (nSPS) is 12.2. The molecule has 0 saturated heterocycles. The fourth-order valence-corrected chi connectivity index (χ4v) is 1.86. The molecule has 130 valence electrons. The van der Waals surface area contributed by atoms with Crippen LogP contribution in [0.2, 0.25) is 0 Å². The summed E-state index contributed by atoms with van der Waals surface area (Å²) < 4.78 is 42.6. The molecule has 1 heterocycles. The molecule has 8 heteroatoms. The number of amides is 1. The van der Waals surface area contributed by atoms with Gasteiger partial charge in [0.2, 0.25) is 5.89 Å². The van der Waals surface area contributed by atoms with Crippen molar-refractivity contribution in [2.75, 3.05) is 6.54 Å². The van der Waals surface area contributed by atoms with Crippen LogP contribution in [0.1, 0.15) is 48.4 Å². The predicted octanol–water partition coefficient (Wildman–Crippen LogP) is 3.36. The van der Waals surface area contributed by atoms with Crippen LogP contribution in [0.25, 0.3) is 0 Å². The van der Waals surface area contributed by atoms with Gasteiger partial charge < -0.3 is 9.84 Å². The van der Waals surface area contributed by atoms with Crippen molar-refractivity contribution in [3.05, 3.63) is 47.1 Å². The van der Waals surface area contributed by atoms with Crippen LogP contribution in [0.5, 0.6) is 0 Å². The summed E-state index contributed by atoms with van der Waals surface area (Å²) in [5.41, 5.74) is -0.888. The highest BCUT2D eigenvalue weighted by Gasteiger charge is 2.30. The molecule has 0 atom stereocenters. The molecule has 0 radical (unpaired) electrons. The molecule has 2 rings (SSSR count). The van der Waals surface area contributed by atoms with E-state index in [1.54, 1.807) is 0 Å². The van der Waals surface area contributed by atoms with E-state index >= 15 is 0 Å². The average molecular weight is 341 g/mol. The third kappa shape index (κ3) is 4.56. The molecular weight excluding hydrogens is 323 g/mol. The van der Waals surface area contributed by atoms with Crippen LogP contribution in [0.3, 0.4) is 0 Å². The Bertz CT molecular complexity index is 701. The summed E-state index contributed by atoms with van der Waals surface area (Å²) in [7, 11) is 0. The van der Waals surface area contributed by atoms with Gasteiger partial charge in [-0.1, -0.05) is 25.9 Å². The Morgan fingerprint density at radius 3 is 2.29 bits per heavy atom. The summed E-state index contributed by atoms with van der Waals surface area (Å²) in [6, 6.07) is 4.04. The second-order valence-corrected chi connectivity index (χ2v) is 6.35. The van der Waals surface area contributed by atoms with E-state index < -0.39 is 17.6 Å². The van der Waals surface area contributed by atoms with E-state index in [1.165, 1.54) is 0 Å². The van der Waals surface area contributed by atoms with Gasteiger partial charge in [0.25, 0.3) is 5.91 Å². The molecule has 0 aliphatic heterocycles. The molecule has 0 spiro atoms. The monoisotopic (exact) mass is 341 g/mol. The molecule has 0 fully saturated rings. The second kappa shape index (κ2) is 6.62. The molecule has 1 aromatic heterocycles. The van der Waals surface area contributed by atoms with Gasteiger partial charge in [0, 0.05) is 23.9 Å². The lowest BCUT2D eigenvalue weighted by Gasteiger charge is -2.10. The summed E-state index contributed by atoms with van der Waals surface area (Å²) in [6.45, 7) is 6.08. The van der Waals surface area contributed by atoms with Crippen molar-refractivity contribution < 1.29 is 22.5 Å². The number of rotatable bonds is 4. The average Bonchev–Trinajstić information content (AvgIpc) is 2.95. The molecule has 0 unspecified atom stereocenters. The molecule has 1 amide bonds. The van der Waals surface area contributed by atoms with E-state index in [0.29, 0.717) is 18.1 Å². The smallest absolute Gasteiger partial charge is 0.352 e. The van der Waals surface area contributed by atoms with Crippen molar-refractivity contribution in [2.24, 2.45) is 0 Å². The highest BCUT2D eigenvalue weighted by Crippen LogP contribution is 2.29. The lowest BCUT2D eigenvalue weighted by atomic mass is 9.97. The first kappa shape index (κ1) is 18.0. The molecule has 1 N–H and O–H groups in total. The second-order valence-electron chi connectivity index (χ2n) is 6.35. The Morgan fingerprint density at radius 2 is 1.79 bits per heavy atom. The van der Waals surface area contributed by atoms with Crippen LogP contribution >= 0.6 is 0 Å². The molecule has 0 aliphatic rings. The van der Waals surface area contributed by atoms with Gasteiger partial charge in [-0.15, -0.1) is 0 Å². The van der Waals surface area contributed by atoms with E-state index in [0.717, 1.165) is 24.3 Å². The molecule has 24 heavy (non-hydrogen) atoms. The van der Waals surface area contributed by atoms with Crippen molar-refractivity contribution in [2.45, 2.75) is 38.8 Å². The number of nitrogens with one attached hydrogen (secondary N) is 1. The van der Waals surface area contributed by atoms with Crippen molar-refractivity contribution in [3.8, 4) is 0 Å². The summed E-state index contributed by atoms with van der Waals surface area (Å²) in [6.07, 6.45) is -4.05. The molecular formula is C16H18F3N3O2. The minimum Gasteiger partial charge on any atom is -0.352 e. The van der Waals surface area contributed by atoms with Crippen LogP contribution in [0, 0.1) is 0 Å². The summed E-state index contributed by atoms with van der Waals surface area (Å²) in [4.78, 5) is 16.1. The number of hydrogen-bond donors (Lipinski definition) is 1. The van der Waals surface area contributed by atoms with Gasteiger partial charge in [-0.3, -0.25) is 4.79 Å². The zero-order valence-corrected chi connectivity index (χ0v) is 13.6. The highest BCUT2D eigenvalue weighted by atomic mass is 19.4. The van der Waals surface area contributed by atoms with Gasteiger partial charge >= 0.3 is 6.18 Å². The molecule has 0 saturated carbocycles. The Kier molecular flexibility index (Phi) is 4.96. The Balaban J connectivity index is 1.88. The lowest BCUT2D eigenvalue weighted by Crippen LogP contribution is -2.26. The van der Waals surface area contributed by atoms with E-state index in [9.17, 15) is 18.0 Å². The lowest BCUT2D eigenvalue weighted by molar-refractivity contribution is -0.137. The predicted molar refractivity (Wildman–Crippen MR) is 80.5 cm³/mol. The van der Waals surface area contributed by atoms with Gasteiger partial charge in [0.15, 0.2) is 5.82 Å². The molecule has 5 nitrogen and oxygen atoms in total. The quantitative estimate of drug-likeness (QED) is 0.926. The van der Waals surface area contributed by atoms with Gasteiger partial charge in [-0.2, -0.15) is 18.2 Å². The zero-order chi connectivity index (χ0) is 18.0. The van der Waals surface area contributed by atoms with Gasteiger partial charge in [0.05, 0.1) is 5.56 Å². The van der Waals surface area contributed by atoms with Crippen molar-refractivity contribution >= 4 is 5.91 Å². The first-order chi connectivity index (χ1) is 11.1. The number of carbonyl (C=O) groups is 1. The minimum absolute atomic E-state index is 0.159. The number of halogens is 3. The number of carbonyl (C=O) groups excluding carboxylic acids is 1. The largest absolute Gasteiger partial charge is 0.416 e. The minimum atomic E-state index is -4.42. The number of nitrogens with zero attached hydrogens (tertiary/aromatic N) is 2. The number of benzene rings is 1. The van der Waals surface area contributed by atoms with Crippen molar-refractivity contribution in [1.82, 2.24) is 15.5 Å². The highest BCUT2D eigenvalue weighted by molar-refractivity contribution is 5.94. The van der Waals surface area contributed by atoms with E-state index in [-0.39, 0.29) is 17.5 Å². The van der Waals surface area contributed by atoms with Gasteiger partial charge in [-0.25, -0.2) is 0 Å². The van der Waals surface area contributed by atoms with Crippen LogP contribution in [-0.4, -0.2) is 22.6 Å². The van der Waals surface area contributed by atoms with Gasteiger partial charge in [-0.05, 0) is 24.3 Å². The van der Waals surface area contributed by atoms with Gasteiger partial charge in [0.1, 0.15) is 0 Å². The van der Waals surface area contributed by atoms with E-state index in [1.807, 2.05) is 20.8 Å². The topological polar surface area (TPSA) is 68.0 Å². The van der Waals surface area contributed by atoms with Crippen LogP contribution in [-0.2, 0) is 18.0 Å². The third-order valence-electron chi connectivity index (χ3n) is 3.22. The van der Waals surface area contributed by atoms with E-state index in [4.69, 9.17) is 4.52 Å². The Labute approximate surface area is 137 Å². The summed E-state index contributed by atoms with van der Waals surface area (Å²) in [5.74, 6) is 0.516. The van der Waals surface area contributed by atoms with Crippen LogP contribution in [0.15, 0.2) is 28.8 Å². The SMILES string of the molecule is CC(C)(C)c1nc(CCNC(=O)c2ccc(C(F)(F)F)cc2)no1. The maximum atomic E-state index is 12.5. The standard InChI is InChI=1S/C16H18F3N3O2/c1-15(2,3)14-21-12(22-24-14)8-9-20-13(23)10-4-6-11(7-5-10)16(17,18)19/h4-7H,8-9H2,1-3H3,(H,20,23). The third-order valence-corrected chi connectivity index (χ3v) is 3.22. The van der Waals surface area contributed by atoms with Crippen LogP contribution < -0.4 is 5.32 Å². The van der Waals surface area contributed by atoms with E-state index in [2.05, 4.69) is 15.5 Å². The first-order valence-electron chi connectivity index (χ1n) is 7.36. The Morgan fingerprint density at radius 1 is 1.17 bits per heavy atom.